The predicted octanol–water partition coefficient (Wildman–Crippen LogP) is 1.99. The molecule has 2 N–H and O–H groups in total. The largest absolute Gasteiger partial charge is 0.480 e. The van der Waals surface area contributed by atoms with Gasteiger partial charge in [-0.1, -0.05) is 12.1 Å². The Hall–Kier alpha value is -2.57. The monoisotopic (exact) mass is 323 g/mol. The van der Waals surface area contributed by atoms with E-state index in [0.29, 0.717) is 11.1 Å². The van der Waals surface area contributed by atoms with Crippen molar-refractivity contribution in [3.63, 3.8) is 0 Å². The summed E-state index contributed by atoms with van der Waals surface area (Å²) in [4.78, 5) is 34.3. The minimum atomic E-state index is -1.17. The number of hydrogen-bond acceptors (Lipinski definition) is 5. The van der Waals surface area contributed by atoms with Crippen LogP contribution in [0.5, 0.6) is 0 Å². The van der Waals surface area contributed by atoms with Crippen molar-refractivity contribution in [1.82, 2.24) is 5.32 Å². The lowest BCUT2D eigenvalue weighted by Gasteiger charge is -2.22. The molecule has 0 saturated carbocycles. The second kappa shape index (κ2) is 7.62. The van der Waals surface area contributed by atoms with Crippen LogP contribution < -0.4 is 5.32 Å². The number of esters is 1. The first-order valence-electron chi connectivity index (χ1n) is 7.02. The number of methoxy groups -OCH3 is 1. The van der Waals surface area contributed by atoms with Gasteiger partial charge in [0.1, 0.15) is 11.6 Å². The third kappa shape index (κ3) is 6.37. The topological polar surface area (TPSA) is 102 Å². The first-order valence-corrected chi connectivity index (χ1v) is 7.02. The molecule has 0 aliphatic heterocycles. The van der Waals surface area contributed by atoms with Crippen LogP contribution >= 0.6 is 0 Å². The summed E-state index contributed by atoms with van der Waals surface area (Å²) in [7, 11) is 1.28. The molecule has 7 heteroatoms. The van der Waals surface area contributed by atoms with E-state index in [0.717, 1.165) is 0 Å². The molecule has 0 spiro atoms. The number of nitrogens with one attached hydrogen (secondary N) is 1. The highest BCUT2D eigenvalue weighted by Crippen LogP contribution is 2.10. The highest BCUT2D eigenvalue weighted by Gasteiger charge is 2.24. The molecule has 1 aromatic carbocycles. The maximum atomic E-state index is 11.7. The zero-order valence-corrected chi connectivity index (χ0v) is 13.6. The lowest BCUT2D eigenvalue weighted by atomic mass is 10.0. The lowest BCUT2D eigenvalue weighted by molar-refractivity contribution is -0.139. The number of carboxylic acids is 1. The number of benzene rings is 1. The molecule has 0 fully saturated rings. The molecular weight excluding hydrogens is 302 g/mol. The van der Waals surface area contributed by atoms with Crippen molar-refractivity contribution < 1.29 is 29.0 Å². The van der Waals surface area contributed by atoms with Gasteiger partial charge in [-0.05, 0) is 38.5 Å². The number of aliphatic carboxylic acids is 1. The van der Waals surface area contributed by atoms with Crippen molar-refractivity contribution in [1.29, 1.82) is 0 Å². The Morgan fingerprint density at radius 2 is 1.74 bits per heavy atom. The van der Waals surface area contributed by atoms with Crippen LogP contribution in [0.3, 0.4) is 0 Å². The molecule has 1 unspecified atom stereocenters. The van der Waals surface area contributed by atoms with Crippen LogP contribution in [0.2, 0.25) is 0 Å². The fraction of sp³-hybridized carbons (Fsp3) is 0.438. The van der Waals surface area contributed by atoms with Crippen molar-refractivity contribution >= 4 is 18.0 Å². The molecule has 0 bridgehead atoms. The van der Waals surface area contributed by atoms with E-state index in [1.165, 1.54) is 19.2 Å². The van der Waals surface area contributed by atoms with Crippen molar-refractivity contribution in [2.24, 2.45) is 0 Å². The highest BCUT2D eigenvalue weighted by molar-refractivity contribution is 5.89. The fourth-order valence-corrected chi connectivity index (χ4v) is 1.78. The van der Waals surface area contributed by atoms with Gasteiger partial charge < -0.3 is 19.9 Å². The molecule has 0 saturated heterocycles. The van der Waals surface area contributed by atoms with Gasteiger partial charge >= 0.3 is 18.0 Å². The number of carbonyl (C=O) groups excluding carboxylic acids is 2. The van der Waals surface area contributed by atoms with Gasteiger partial charge in [-0.25, -0.2) is 14.4 Å². The summed E-state index contributed by atoms with van der Waals surface area (Å²) in [6, 6.07) is 5.16. The standard InChI is InChI=1S/C16H21NO6/c1-16(2,3)23-15(21)17-12(13(18)19)9-10-5-7-11(8-6-10)14(20)22-4/h5-8,12H,9H2,1-4H3,(H,17,21)(H,18,19). The number of carbonyl (C=O) groups is 3. The number of alkyl carbamates (subject to hydrolysis) is 1. The van der Waals surface area contributed by atoms with Crippen molar-refractivity contribution in [2.45, 2.75) is 38.8 Å². The fourth-order valence-electron chi connectivity index (χ4n) is 1.78. The number of amides is 1. The minimum Gasteiger partial charge on any atom is -0.480 e. The normalized spacial score (nSPS) is 12.2. The molecule has 0 heterocycles. The molecule has 23 heavy (non-hydrogen) atoms. The van der Waals surface area contributed by atoms with E-state index in [1.807, 2.05) is 0 Å². The van der Waals surface area contributed by atoms with Crippen molar-refractivity contribution in [3.05, 3.63) is 35.4 Å². The Kier molecular flexibility index (Phi) is 6.12. The molecule has 1 rings (SSSR count). The van der Waals surface area contributed by atoms with Gasteiger partial charge in [0.25, 0.3) is 0 Å². The lowest BCUT2D eigenvalue weighted by Crippen LogP contribution is -2.44. The van der Waals surface area contributed by atoms with E-state index in [4.69, 9.17) is 4.74 Å². The summed E-state index contributed by atoms with van der Waals surface area (Å²) in [6.07, 6.45) is -0.730. The van der Waals surface area contributed by atoms with Gasteiger partial charge in [-0.3, -0.25) is 0 Å². The van der Waals surface area contributed by atoms with Crippen LogP contribution in [-0.2, 0) is 20.7 Å². The Morgan fingerprint density at radius 1 is 1.17 bits per heavy atom. The number of hydrogen-bond donors (Lipinski definition) is 2. The average molecular weight is 323 g/mol. The predicted molar refractivity (Wildman–Crippen MR) is 82.3 cm³/mol. The summed E-state index contributed by atoms with van der Waals surface area (Å²) in [5, 5.41) is 11.5. The highest BCUT2D eigenvalue weighted by atomic mass is 16.6. The zero-order chi connectivity index (χ0) is 17.6. The first kappa shape index (κ1) is 18.5. The van der Waals surface area contributed by atoms with Crippen molar-refractivity contribution in [2.75, 3.05) is 7.11 Å². The quantitative estimate of drug-likeness (QED) is 0.804. The third-order valence-electron chi connectivity index (χ3n) is 2.80. The second-order valence-corrected chi connectivity index (χ2v) is 5.93. The number of carboxylic acid groups (broad SMARTS) is 1. The van der Waals surface area contributed by atoms with Crippen LogP contribution in [0, 0.1) is 0 Å². The van der Waals surface area contributed by atoms with Gasteiger partial charge in [0, 0.05) is 6.42 Å². The number of ether oxygens (including phenoxy) is 2. The van der Waals surface area contributed by atoms with Crippen molar-refractivity contribution in [3.8, 4) is 0 Å². The molecule has 1 atom stereocenters. The van der Waals surface area contributed by atoms with Crippen LogP contribution in [0.15, 0.2) is 24.3 Å². The Bertz CT molecular complexity index is 573. The second-order valence-electron chi connectivity index (χ2n) is 5.93. The molecule has 0 aliphatic carbocycles. The van der Waals surface area contributed by atoms with Crippen LogP contribution in [0.4, 0.5) is 4.79 Å². The number of rotatable bonds is 5. The van der Waals surface area contributed by atoms with Gasteiger partial charge in [-0.2, -0.15) is 0 Å². The summed E-state index contributed by atoms with van der Waals surface area (Å²) < 4.78 is 9.63. The van der Waals surface area contributed by atoms with E-state index in [2.05, 4.69) is 10.1 Å². The molecule has 0 aliphatic rings. The SMILES string of the molecule is COC(=O)c1ccc(CC(NC(=O)OC(C)(C)C)C(=O)O)cc1. The van der Waals surface area contributed by atoms with Crippen LogP contribution in [0.1, 0.15) is 36.7 Å². The van der Waals surface area contributed by atoms with Gasteiger partial charge in [-0.15, -0.1) is 0 Å². The van der Waals surface area contributed by atoms with Crippen LogP contribution in [0.25, 0.3) is 0 Å². The molecule has 7 nitrogen and oxygen atoms in total. The molecule has 1 amide bonds. The summed E-state index contributed by atoms with van der Waals surface area (Å²) in [5.74, 6) is -1.65. The molecule has 1 aromatic rings. The average Bonchev–Trinajstić information content (AvgIpc) is 2.44. The molecular formula is C16H21NO6. The Labute approximate surface area is 134 Å². The first-order chi connectivity index (χ1) is 10.6. The van der Waals surface area contributed by atoms with E-state index < -0.39 is 29.7 Å². The summed E-state index contributed by atoms with van der Waals surface area (Å²) in [6.45, 7) is 5.07. The van der Waals surface area contributed by atoms with E-state index in [1.54, 1.807) is 32.9 Å². The molecule has 0 aromatic heterocycles. The van der Waals surface area contributed by atoms with Gasteiger partial charge in [0.05, 0.1) is 12.7 Å². The maximum Gasteiger partial charge on any atom is 0.408 e. The van der Waals surface area contributed by atoms with E-state index in [9.17, 15) is 19.5 Å². The summed E-state index contributed by atoms with van der Waals surface area (Å²) in [5.41, 5.74) is 0.305. The molecule has 0 radical (unpaired) electrons. The minimum absolute atomic E-state index is 0.0655. The van der Waals surface area contributed by atoms with Gasteiger partial charge in [0.2, 0.25) is 0 Å². The zero-order valence-electron chi connectivity index (χ0n) is 13.6. The Balaban J connectivity index is 2.75. The summed E-state index contributed by atoms with van der Waals surface area (Å²) >= 11 is 0. The molecule has 126 valence electrons. The van der Waals surface area contributed by atoms with Gasteiger partial charge in [0.15, 0.2) is 0 Å². The maximum absolute atomic E-state index is 11.7. The van der Waals surface area contributed by atoms with E-state index in [-0.39, 0.29) is 6.42 Å². The van der Waals surface area contributed by atoms with Crippen LogP contribution in [-0.4, -0.2) is 41.9 Å². The smallest absolute Gasteiger partial charge is 0.408 e. The third-order valence-corrected chi connectivity index (χ3v) is 2.80. The Morgan fingerprint density at radius 3 is 2.17 bits per heavy atom. The van der Waals surface area contributed by atoms with E-state index >= 15 is 0 Å².